The van der Waals surface area contributed by atoms with Gasteiger partial charge < -0.3 is 10.2 Å². The molecule has 0 radical (unpaired) electrons. The van der Waals surface area contributed by atoms with E-state index < -0.39 is 0 Å². The zero-order valence-corrected chi connectivity index (χ0v) is 13.6. The monoisotopic (exact) mass is 311 g/mol. The number of pyridine rings is 1. The molecule has 1 saturated heterocycles. The molecule has 0 spiro atoms. The van der Waals surface area contributed by atoms with Gasteiger partial charge in [-0.15, -0.1) is 0 Å². The molecule has 23 heavy (non-hydrogen) atoms. The third-order valence-electron chi connectivity index (χ3n) is 4.20. The summed E-state index contributed by atoms with van der Waals surface area (Å²) in [5.41, 5.74) is 3.24. The number of aryl methyl sites for hydroxylation is 2. The standard InChI is InChI=1S/C18H21N3O2/c1-12-5-6-16-14(9-12)15(10-13(2)20-16)18(23)19-11-17(22)21-7-3-4-8-21/h5-6,9-10H,3-4,7-8,11H2,1-2H3,(H,19,23). The highest BCUT2D eigenvalue weighted by Gasteiger charge is 2.19. The zero-order chi connectivity index (χ0) is 16.4. The maximum absolute atomic E-state index is 12.5. The van der Waals surface area contributed by atoms with Gasteiger partial charge in [0.05, 0.1) is 17.6 Å². The second kappa shape index (κ2) is 6.36. The van der Waals surface area contributed by atoms with Gasteiger partial charge in [0.2, 0.25) is 5.91 Å². The van der Waals surface area contributed by atoms with Crippen LogP contribution in [0.25, 0.3) is 10.9 Å². The quantitative estimate of drug-likeness (QED) is 0.945. The average molecular weight is 311 g/mol. The topological polar surface area (TPSA) is 62.3 Å². The van der Waals surface area contributed by atoms with E-state index in [4.69, 9.17) is 0 Å². The summed E-state index contributed by atoms with van der Waals surface area (Å²) in [5, 5.41) is 3.58. The van der Waals surface area contributed by atoms with Crippen molar-refractivity contribution in [3.63, 3.8) is 0 Å². The molecular weight excluding hydrogens is 290 g/mol. The minimum Gasteiger partial charge on any atom is -0.343 e. The van der Waals surface area contributed by atoms with E-state index in [1.807, 2.05) is 32.0 Å². The molecule has 5 nitrogen and oxygen atoms in total. The largest absolute Gasteiger partial charge is 0.343 e. The van der Waals surface area contributed by atoms with Gasteiger partial charge in [-0.05, 0) is 44.9 Å². The maximum Gasteiger partial charge on any atom is 0.252 e. The molecule has 2 aromatic rings. The molecular formula is C18H21N3O2. The number of hydrogen-bond donors (Lipinski definition) is 1. The van der Waals surface area contributed by atoms with Gasteiger partial charge in [0.25, 0.3) is 5.91 Å². The van der Waals surface area contributed by atoms with Crippen LogP contribution in [0.15, 0.2) is 24.3 Å². The van der Waals surface area contributed by atoms with Gasteiger partial charge in [-0.1, -0.05) is 11.6 Å². The summed E-state index contributed by atoms with van der Waals surface area (Å²) in [4.78, 5) is 30.9. The molecule has 0 aliphatic carbocycles. The van der Waals surface area contributed by atoms with Gasteiger partial charge in [0.1, 0.15) is 0 Å². The molecule has 1 N–H and O–H groups in total. The average Bonchev–Trinajstić information content (AvgIpc) is 3.06. The van der Waals surface area contributed by atoms with Crippen molar-refractivity contribution < 1.29 is 9.59 Å². The number of likely N-dealkylation sites (tertiary alicyclic amines) is 1. The van der Waals surface area contributed by atoms with Crippen molar-refractivity contribution in [3.8, 4) is 0 Å². The van der Waals surface area contributed by atoms with E-state index in [9.17, 15) is 9.59 Å². The Balaban J connectivity index is 1.80. The van der Waals surface area contributed by atoms with Crippen LogP contribution in [0.3, 0.4) is 0 Å². The number of benzene rings is 1. The summed E-state index contributed by atoms with van der Waals surface area (Å²) < 4.78 is 0. The molecule has 2 amide bonds. The van der Waals surface area contributed by atoms with Crippen LogP contribution in [0.5, 0.6) is 0 Å². The minimum absolute atomic E-state index is 0.0119. The number of aromatic nitrogens is 1. The van der Waals surface area contributed by atoms with Crippen molar-refractivity contribution in [2.45, 2.75) is 26.7 Å². The van der Waals surface area contributed by atoms with E-state index in [1.165, 1.54) is 0 Å². The van der Waals surface area contributed by atoms with Gasteiger partial charge in [0, 0.05) is 24.2 Å². The summed E-state index contributed by atoms with van der Waals surface area (Å²) in [6.45, 7) is 5.49. The molecule has 0 unspecified atom stereocenters. The first-order chi connectivity index (χ1) is 11.0. The Kier molecular flexibility index (Phi) is 4.28. The van der Waals surface area contributed by atoms with Crippen molar-refractivity contribution in [1.29, 1.82) is 0 Å². The van der Waals surface area contributed by atoms with E-state index in [2.05, 4.69) is 10.3 Å². The van der Waals surface area contributed by atoms with Crippen LogP contribution in [0, 0.1) is 13.8 Å². The van der Waals surface area contributed by atoms with Crippen molar-refractivity contribution in [1.82, 2.24) is 15.2 Å². The number of carbonyl (C=O) groups excluding carboxylic acids is 2. The van der Waals surface area contributed by atoms with Gasteiger partial charge in [-0.25, -0.2) is 0 Å². The molecule has 1 aromatic carbocycles. The van der Waals surface area contributed by atoms with Gasteiger partial charge in [-0.3, -0.25) is 14.6 Å². The molecule has 1 aliphatic heterocycles. The highest BCUT2D eigenvalue weighted by molar-refractivity contribution is 6.07. The Morgan fingerprint density at radius 2 is 1.91 bits per heavy atom. The Morgan fingerprint density at radius 1 is 1.17 bits per heavy atom. The minimum atomic E-state index is -0.223. The lowest BCUT2D eigenvalue weighted by Crippen LogP contribution is -2.38. The van der Waals surface area contributed by atoms with E-state index in [0.717, 1.165) is 48.1 Å². The Hall–Kier alpha value is -2.43. The highest BCUT2D eigenvalue weighted by atomic mass is 16.2. The van der Waals surface area contributed by atoms with Crippen LogP contribution in [0.4, 0.5) is 0 Å². The lowest BCUT2D eigenvalue weighted by atomic mass is 10.0. The number of rotatable bonds is 3. The number of fused-ring (bicyclic) bond motifs is 1. The van der Waals surface area contributed by atoms with Crippen molar-refractivity contribution in [2.24, 2.45) is 0 Å². The van der Waals surface area contributed by atoms with Crippen LogP contribution in [-0.2, 0) is 4.79 Å². The molecule has 3 rings (SSSR count). The molecule has 0 saturated carbocycles. The molecule has 1 aromatic heterocycles. The smallest absolute Gasteiger partial charge is 0.252 e. The fourth-order valence-corrected chi connectivity index (χ4v) is 2.99. The maximum atomic E-state index is 12.5. The van der Waals surface area contributed by atoms with Crippen molar-refractivity contribution >= 4 is 22.7 Å². The molecule has 1 aliphatic rings. The third kappa shape index (κ3) is 3.33. The van der Waals surface area contributed by atoms with Crippen LogP contribution < -0.4 is 5.32 Å². The molecule has 0 bridgehead atoms. The summed E-state index contributed by atoms with van der Waals surface area (Å²) in [6, 6.07) is 7.63. The highest BCUT2D eigenvalue weighted by Crippen LogP contribution is 2.20. The first-order valence-electron chi connectivity index (χ1n) is 7.98. The number of hydrogen-bond acceptors (Lipinski definition) is 3. The second-order valence-corrected chi connectivity index (χ2v) is 6.10. The van der Waals surface area contributed by atoms with Gasteiger partial charge in [-0.2, -0.15) is 0 Å². The summed E-state index contributed by atoms with van der Waals surface area (Å²) in [5.74, 6) is -0.235. The first-order valence-corrected chi connectivity index (χ1v) is 7.98. The van der Waals surface area contributed by atoms with Crippen molar-refractivity contribution in [3.05, 3.63) is 41.1 Å². The number of amides is 2. The lowest BCUT2D eigenvalue weighted by molar-refractivity contribution is -0.129. The Labute approximate surface area is 135 Å². The molecule has 2 heterocycles. The third-order valence-corrected chi connectivity index (χ3v) is 4.20. The number of nitrogens with zero attached hydrogens (tertiary/aromatic N) is 2. The Morgan fingerprint density at radius 3 is 2.65 bits per heavy atom. The summed E-state index contributed by atoms with van der Waals surface area (Å²) in [6.07, 6.45) is 2.10. The predicted octanol–water partition coefficient (Wildman–Crippen LogP) is 2.20. The Bertz CT molecular complexity index is 764. The van der Waals surface area contributed by atoms with E-state index in [0.29, 0.717) is 5.56 Å². The summed E-state index contributed by atoms with van der Waals surface area (Å²) in [7, 11) is 0. The van der Waals surface area contributed by atoms with Crippen LogP contribution >= 0.6 is 0 Å². The van der Waals surface area contributed by atoms with Crippen molar-refractivity contribution in [2.75, 3.05) is 19.6 Å². The number of nitrogens with one attached hydrogen (secondary N) is 1. The predicted molar refractivity (Wildman–Crippen MR) is 89.4 cm³/mol. The zero-order valence-electron chi connectivity index (χ0n) is 13.6. The van der Waals surface area contributed by atoms with Gasteiger partial charge in [0.15, 0.2) is 0 Å². The fourth-order valence-electron chi connectivity index (χ4n) is 2.99. The van der Waals surface area contributed by atoms with Crippen LogP contribution in [0.1, 0.15) is 34.5 Å². The fraction of sp³-hybridized carbons (Fsp3) is 0.389. The van der Waals surface area contributed by atoms with Crippen LogP contribution in [0.2, 0.25) is 0 Å². The lowest BCUT2D eigenvalue weighted by Gasteiger charge is -2.16. The summed E-state index contributed by atoms with van der Waals surface area (Å²) >= 11 is 0. The van der Waals surface area contributed by atoms with E-state index in [1.54, 1.807) is 11.0 Å². The second-order valence-electron chi connectivity index (χ2n) is 6.10. The SMILES string of the molecule is Cc1ccc2nc(C)cc(C(=O)NCC(=O)N3CCCC3)c2c1. The number of carbonyl (C=O) groups is 2. The molecule has 120 valence electrons. The van der Waals surface area contributed by atoms with E-state index in [-0.39, 0.29) is 18.4 Å². The van der Waals surface area contributed by atoms with Crippen LogP contribution in [-0.4, -0.2) is 41.3 Å². The molecule has 5 heteroatoms. The first kappa shape index (κ1) is 15.5. The normalized spacial score (nSPS) is 14.3. The van der Waals surface area contributed by atoms with Gasteiger partial charge >= 0.3 is 0 Å². The molecule has 1 fully saturated rings. The van der Waals surface area contributed by atoms with E-state index >= 15 is 0 Å². The molecule has 0 atom stereocenters.